The second-order valence-electron chi connectivity index (χ2n) is 5.77. The molecule has 0 aliphatic carbocycles. The van der Waals surface area contributed by atoms with Crippen molar-refractivity contribution in [2.24, 2.45) is 0 Å². The molecule has 0 fully saturated rings. The molecule has 1 N–H and O–H groups in total. The van der Waals surface area contributed by atoms with Crippen LogP contribution in [0.2, 0.25) is 0 Å². The molecule has 2 aromatic carbocycles. The molecule has 0 aliphatic heterocycles. The van der Waals surface area contributed by atoms with Crippen LogP contribution in [0.15, 0.2) is 42.5 Å². The number of carbonyl (C=O) groups is 1. The van der Waals surface area contributed by atoms with Gasteiger partial charge in [0.2, 0.25) is 0 Å². The first-order chi connectivity index (χ1) is 12.0. The summed E-state index contributed by atoms with van der Waals surface area (Å²) in [6.07, 6.45) is 0. The summed E-state index contributed by atoms with van der Waals surface area (Å²) < 4.78 is 16.3. The van der Waals surface area contributed by atoms with Gasteiger partial charge in [0.25, 0.3) is 5.91 Å². The average molecular weight is 343 g/mol. The predicted molar refractivity (Wildman–Crippen MR) is 97.8 cm³/mol. The number of nitrogens with one attached hydrogen (secondary N) is 1. The van der Waals surface area contributed by atoms with Gasteiger partial charge in [-0.2, -0.15) is 0 Å². The molecule has 0 aliphatic rings. The molecule has 0 saturated carbocycles. The van der Waals surface area contributed by atoms with Crippen LogP contribution in [0, 0.1) is 6.92 Å². The molecule has 2 aromatic rings. The van der Waals surface area contributed by atoms with Crippen molar-refractivity contribution >= 4 is 5.91 Å². The summed E-state index contributed by atoms with van der Waals surface area (Å²) in [5.74, 6) is 2.19. The minimum Gasteiger partial charge on any atom is -0.497 e. The average Bonchev–Trinajstić information content (AvgIpc) is 2.62. The number of rotatable bonds is 8. The van der Waals surface area contributed by atoms with E-state index in [1.165, 1.54) is 0 Å². The van der Waals surface area contributed by atoms with Crippen molar-refractivity contribution in [2.45, 2.75) is 26.8 Å². The Hall–Kier alpha value is -2.69. The van der Waals surface area contributed by atoms with Gasteiger partial charge in [-0.05, 0) is 68.8 Å². The monoisotopic (exact) mass is 343 g/mol. The van der Waals surface area contributed by atoms with Crippen LogP contribution in [-0.2, 0) is 0 Å². The van der Waals surface area contributed by atoms with Crippen LogP contribution in [-0.4, -0.2) is 32.3 Å². The number of amides is 1. The van der Waals surface area contributed by atoms with E-state index >= 15 is 0 Å². The van der Waals surface area contributed by atoms with Gasteiger partial charge in [0.1, 0.15) is 23.9 Å². The van der Waals surface area contributed by atoms with Crippen molar-refractivity contribution in [1.29, 1.82) is 0 Å². The summed E-state index contributed by atoms with van der Waals surface area (Å²) in [5.41, 5.74) is 1.55. The summed E-state index contributed by atoms with van der Waals surface area (Å²) >= 11 is 0. The zero-order valence-electron chi connectivity index (χ0n) is 15.2. The highest BCUT2D eigenvalue weighted by Crippen LogP contribution is 2.19. The van der Waals surface area contributed by atoms with Crippen LogP contribution in [0.3, 0.4) is 0 Å². The first kappa shape index (κ1) is 18.6. The van der Waals surface area contributed by atoms with E-state index in [1.807, 2.05) is 57.2 Å². The Morgan fingerprint density at radius 3 is 2.36 bits per heavy atom. The first-order valence-corrected chi connectivity index (χ1v) is 8.34. The Bertz CT molecular complexity index is 697. The fraction of sp³-hybridized carbons (Fsp3) is 0.350. The lowest BCUT2D eigenvalue weighted by atomic mass is 10.1. The molecule has 0 bridgehead atoms. The molecule has 1 amide bonds. The molecular formula is C20H25NO4. The van der Waals surface area contributed by atoms with E-state index in [0.29, 0.717) is 18.8 Å². The summed E-state index contributed by atoms with van der Waals surface area (Å²) in [4.78, 5) is 12.3. The Morgan fingerprint density at radius 1 is 1.08 bits per heavy atom. The highest BCUT2D eigenvalue weighted by atomic mass is 16.5. The van der Waals surface area contributed by atoms with E-state index in [0.717, 1.165) is 22.8 Å². The van der Waals surface area contributed by atoms with Crippen LogP contribution in [0.4, 0.5) is 0 Å². The minimum absolute atomic E-state index is 0.124. The third kappa shape index (κ3) is 5.41. The summed E-state index contributed by atoms with van der Waals surface area (Å²) in [6.45, 7) is 6.76. The van der Waals surface area contributed by atoms with Gasteiger partial charge in [-0.3, -0.25) is 4.79 Å². The quantitative estimate of drug-likeness (QED) is 0.796. The van der Waals surface area contributed by atoms with E-state index in [4.69, 9.17) is 14.2 Å². The van der Waals surface area contributed by atoms with Gasteiger partial charge in [0.05, 0.1) is 19.8 Å². The molecule has 0 unspecified atom stereocenters. The van der Waals surface area contributed by atoms with Crippen LogP contribution < -0.4 is 19.5 Å². The molecule has 5 heteroatoms. The van der Waals surface area contributed by atoms with Crippen molar-refractivity contribution in [2.75, 3.05) is 20.3 Å². The van der Waals surface area contributed by atoms with Gasteiger partial charge in [-0.15, -0.1) is 0 Å². The van der Waals surface area contributed by atoms with Crippen LogP contribution in [0.1, 0.15) is 29.8 Å². The second-order valence-corrected chi connectivity index (χ2v) is 5.77. The van der Waals surface area contributed by atoms with E-state index in [-0.39, 0.29) is 11.9 Å². The minimum atomic E-state index is -0.128. The van der Waals surface area contributed by atoms with Gasteiger partial charge in [0.15, 0.2) is 0 Å². The normalized spacial score (nSPS) is 11.5. The molecular weight excluding hydrogens is 318 g/mol. The van der Waals surface area contributed by atoms with Crippen molar-refractivity contribution in [3.05, 3.63) is 53.6 Å². The summed E-state index contributed by atoms with van der Waals surface area (Å²) in [6, 6.07) is 12.6. The van der Waals surface area contributed by atoms with E-state index in [1.54, 1.807) is 13.2 Å². The predicted octanol–water partition coefficient (Wildman–Crippen LogP) is 3.60. The molecule has 1 atom stereocenters. The van der Waals surface area contributed by atoms with Gasteiger partial charge < -0.3 is 19.5 Å². The van der Waals surface area contributed by atoms with Crippen LogP contribution in [0.25, 0.3) is 0 Å². The van der Waals surface area contributed by atoms with E-state index in [9.17, 15) is 4.79 Å². The number of aryl methyl sites for hydroxylation is 1. The number of methoxy groups -OCH3 is 1. The smallest absolute Gasteiger partial charge is 0.251 e. The summed E-state index contributed by atoms with van der Waals surface area (Å²) in [5, 5.41) is 2.94. The lowest BCUT2D eigenvalue weighted by Gasteiger charge is -2.16. The maximum atomic E-state index is 12.3. The maximum absolute atomic E-state index is 12.3. The van der Waals surface area contributed by atoms with Gasteiger partial charge in [0, 0.05) is 5.56 Å². The first-order valence-electron chi connectivity index (χ1n) is 8.34. The van der Waals surface area contributed by atoms with Gasteiger partial charge in [-0.25, -0.2) is 0 Å². The lowest BCUT2D eigenvalue weighted by molar-refractivity contribution is 0.0926. The van der Waals surface area contributed by atoms with Crippen LogP contribution in [0.5, 0.6) is 17.2 Å². The molecule has 0 heterocycles. The fourth-order valence-corrected chi connectivity index (χ4v) is 2.35. The summed E-state index contributed by atoms with van der Waals surface area (Å²) in [7, 11) is 1.62. The Kier molecular flexibility index (Phi) is 6.69. The Labute approximate surface area is 148 Å². The largest absolute Gasteiger partial charge is 0.497 e. The van der Waals surface area contributed by atoms with E-state index < -0.39 is 0 Å². The number of hydrogen-bond donors (Lipinski definition) is 1. The number of benzene rings is 2. The zero-order valence-corrected chi connectivity index (χ0v) is 15.2. The highest BCUT2D eigenvalue weighted by molar-refractivity contribution is 5.94. The zero-order chi connectivity index (χ0) is 18.2. The SMILES string of the molecule is CCOc1ccc(C(=O)N[C@@H](C)COc2ccc(OC)cc2)cc1C. The Morgan fingerprint density at radius 2 is 1.76 bits per heavy atom. The van der Waals surface area contributed by atoms with Gasteiger partial charge >= 0.3 is 0 Å². The van der Waals surface area contributed by atoms with Crippen LogP contribution >= 0.6 is 0 Å². The van der Waals surface area contributed by atoms with Crippen molar-refractivity contribution in [3.63, 3.8) is 0 Å². The third-order valence-corrected chi connectivity index (χ3v) is 3.67. The molecule has 0 saturated heterocycles. The molecule has 134 valence electrons. The highest BCUT2D eigenvalue weighted by Gasteiger charge is 2.12. The molecule has 5 nitrogen and oxygen atoms in total. The Balaban J connectivity index is 1.87. The topological polar surface area (TPSA) is 56.8 Å². The lowest BCUT2D eigenvalue weighted by Crippen LogP contribution is -2.36. The van der Waals surface area contributed by atoms with E-state index in [2.05, 4.69) is 5.32 Å². The fourth-order valence-electron chi connectivity index (χ4n) is 2.35. The molecule has 0 radical (unpaired) electrons. The van der Waals surface area contributed by atoms with Crippen molar-refractivity contribution in [1.82, 2.24) is 5.32 Å². The molecule has 25 heavy (non-hydrogen) atoms. The van der Waals surface area contributed by atoms with Crippen molar-refractivity contribution in [3.8, 4) is 17.2 Å². The van der Waals surface area contributed by atoms with Gasteiger partial charge in [-0.1, -0.05) is 0 Å². The number of ether oxygens (including phenoxy) is 3. The number of hydrogen-bond acceptors (Lipinski definition) is 4. The van der Waals surface area contributed by atoms with Crippen molar-refractivity contribution < 1.29 is 19.0 Å². The third-order valence-electron chi connectivity index (χ3n) is 3.67. The number of carbonyl (C=O) groups excluding carboxylic acids is 1. The molecule has 2 rings (SSSR count). The standard InChI is InChI=1S/C20H25NO4/c1-5-24-19-11-6-16(12-14(19)2)20(22)21-15(3)13-25-18-9-7-17(23-4)8-10-18/h6-12,15H,5,13H2,1-4H3,(H,21,22)/t15-/m0/s1. The second kappa shape index (κ2) is 8.97. The molecule has 0 spiro atoms. The molecule has 0 aromatic heterocycles. The maximum Gasteiger partial charge on any atom is 0.251 e.